The Bertz CT molecular complexity index is 817. The first kappa shape index (κ1) is 29.3. The highest BCUT2D eigenvalue weighted by molar-refractivity contribution is 5.85. The van der Waals surface area contributed by atoms with Crippen molar-refractivity contribution in [2.75, 3.05) is 62.7 Å². The fraction of sp³-hybridized carbons (Fsp3) is 0.767. The third-order valence-electron chi connectivity index (χ3n) is 9.64. The Kier molecular flexibility index (Phi) is 11.0. The van der Waals surface area contributed by atoms with Crippen LogP contribution in [0, 0.1) is 5.41 Å². The van der Waals surface area contributed by atoms with Crippen molar-refractivity contribution in [3.63, 3.8) is 0 Å². The van der Waals surface area contributed by atoms with Gasteiger partial charge in [0.15, 0.2) is 0 Å². The lowest BCUT2D eigenvalue weighted by Crippen LogP contribution is -2.48. The number of ketones is 1. The smallest absolute Gasteiger partial charge is 0.146 e. The zero-order valence-electron chi connectivity index (χ0n) is 23.3. The molecule has 3 aliphatic rings. The van der Waals surface area contributed by atoms with E-state index in [1.807, 2.05) is 14.0 Å². The minimum atomic E-state index is 0. The number of benzene rings is 1. The molecule has 5 nitrogen and oxygen atoms in total. The van der Waals surface area contributed by atoms with Gasteiger partial charge in [-0.1, -0.05) is 33.6 Å². The monoisotopic (exact) mass is 519 g/mol. The van der Waals surface area contributed by atoms with E-state index in [0.29, 0.717) is 36.2 Å². The lowest BCUT2D eigenvalue weighted by Gasteiger charge is -2.42. The number of hydrogen-bond donors (Lipinski definition) is 0. The Balaban J connectivity index is 0.00000361. The molecule has 0 N–H and O–H groups in total. The van der Waals surface area contributed by atoms with Gasteiger partial charge in [0.05, 0.1) is 12.6 Å². The van der Waals surface area contributed by atoms with Crippen molar-refractivity contribution in [3.05, 3.63) is 23.8 Å². The van der Waals surface area contributed by atoms with Crippen molar-refractivity contribution in [1.29, 1.82) is 0 Å². The Hall–Kier alpha value is -1.30. The molecule has 204 valence electrons. The highest BCUT2D eigenvalue weighted by atomic mass is 35.5. The van der Waals surface area contributed by atoms with Crippen molar-refractivity contribution in [2.45, 2.75) is 90.6 Å². The molecule has 4 rings (SSSR count). The van der Waals surface area contributed by atoms with Gasteiger partial charge in [-0.05, 0) is 73.6 Å². The molecule has 0 amide bonds. The van der Waals surface area contributed by atoms with Crippen LogP contribution < -0.4 is 9.80 Å². The van der Waals surface area contributed by atoms with Crippen molar-refractivity contribution in [3.8, 4) is 0 Å². The molecule has 0 bridgehead atoms. The van der Waals surface area contributed by atoms with Crippen LogP contribution in [0.4, 0.5) is 11.4 Å². The minimum Gasteiger partial charge on any atom is -0.381 e. The molecule has 6 heteroatoms. The zero-order valence-corrected chi connectivity index (χ0v) is 24.1. The molecule has 0 atom stereocenters. The summed E-state index contributed by atoms with van der Waals surface area (Å²) >= 11 is 0. The van der Waals surface area contributed by atoms with Gasteiger partial charge in [0.1, 0.15) is 5.78 Å². The van der Waals surface area contributed by atoms with Crippen LogP contribution in [0.15, 0.2) is 18.2 Å². The summed E-state index contributed by atoms with van der Waals surface area (Å²) in [4.78, 5) is 19.5. The molecule has 1 aromatic carbocycles. The predicted octanol–water partition coefficient (Wildman–Crippen LogP) is 6.29. The molecule has 1 aromatic rings. The van der Waals surface area contributed by atoms with Crippen LogP contribution in [0.25, 0.3) is 0 Å². The highest BCUT2D eigenvalue weighted by Gasteiger charge is 2.34. The number of hydrogen-bond acceptors (Lipinski definition) is 5. The third-order valence-corrected chi connectivity index (χ3v) is 9.64. The van der Waals surface area contributed by atoms with Crippen LogP contribution >= 0.6 is 12.4 Å². The van der Waals surface area contributed by atoms with Gasteiger partial charge >= 0.3 is 0 Å². The fourth-order valence-corrected chi connectivity index (χ4v) is 6.71. The van der Waals surface area contributed by atoms with E-state index < -0.39 is 0 Å². The molecular weight excluding hydrogens is 470 g/mol. The minimum absolute atomic E-state index is 0. The van der Waals surface area contributed by atoms with Crippen LogP contribution in [-0.4, -0.2) is 69.7 Å². The molecule has 2 aliphatic heterocycles. The number of nitrogens with zero attached hydrogens (tertiary/aromatic N) is 3. The van der Waals surface area contributed by atoms with E-state index in [-0.39, 0.29) is 12.4 Å². The summed E-state index contributed by atoms with van der Waals surface area (Å²) in [7, 11) is 1.85. The van der Waals surface area contributed by atoms with Gasteiger partial charge in [0.2, 0.25) is 0 Å². The van der Waals surface area contributed by atoms with Crippen LogP contribution in [-0.2, 0) is 9.53 Å². The molecule has 0 spiro atoms. The van der Waals surface area contributed by atoms with Gasteiger partial charge in [-0.25, -0.2) is 0 Å². The number of rotatable bonds is 9. The number of Topliss-reactive ketones (excluding diaryl/α,β-unsaturated/α-hetero) is 1. The Labute approximate surface area is 226 Å². The standard InChI is InChI=1S/C30H49N3O2.ClH/c1-5-26(34)23-31-18-20-33(21-19-31)29-9-8-25(32-16-12-27(35-4)13-17-32)22-28(29)24-10-14-30(6-2,7-3)15-11-24;/h8-9,22,24,27H,5-7,10-21,23H2,1-4H3;1H. The van der Waals surface area contributed by atoms with Gasteiger partial charge in [-0.3, -0.25) is 9.69 Å². The summed E-state index contributed by atoms with van der Waals surface area (Å²) in [6, 6.07) is 7.33. The quantitative estimate of drug-likeness (QED) is 0.383. The summed E-state index contributed by atoms with van der Waals surface area (Å²) < 4.78 is 5.61. The fourth-order valence-electron chi connectivity index (χ4n) is 6.71. The molecule has 1 aliphatic carbocycles. The number of piperidine rings is 1. The van der Waals surface area contributed by atoms with E-state index in [1.165, 1.54) is 49.9 Å². The number of piperazine rings is 1. The lowest BCUT2D eigenvalue weighted by atomic mass is 9.66. The molecule has 0 unspecified atom stereocenters. The molecule has 2 heterocycles. The summed E-state index contributed by atoms with van der Waals surface area (Å²) in [5.74, 6) is 1.02. The average Bonchev–Trinajstić information content (AvgIpc) is 2.93. The highest BCUT2D eigenvalue weighted by Crippen LogP contribution is 2.49. The molecule has 1 saturated carbocycles. The molecular formula is C30H50ClN3O2. The van der Waals surface area contributed by atoms with E-state index in [9.17, 15) is 4.79 Å². The number of methoxy groups -OCH3 is 1. The topological polar surface area (TPSA) is 36.0 Å². The van der Waals surface area contributed by atoms with E-state index in [4.69, 9.17) is 4.74 Å². The van der Waals surface area contributed by atoms with Crippen molar-refractivity contribution in [2.24, 2.45) is 5.41 Å². The summed E-state index contributed by atoms with van der Waals surface area (Å²) in [5.41, 5.74) is 4.99. The van der Waals surface area contributed by atoms with Crippen molar-refractivity contribution >= 4 is 29.6 Å². The van der Waals surface area contributed by atoms with Gasteiger partial charge in [-0.15, -0.1) is 12.4 Å². The predicted molar refractivity (Wildman–Crippen MR) is 154 cm³/mol. The van der Waals surface area contributed by atoms with E-state index in [1.54, 1.807) is 5.56 Å². The van der Waals surface area contributed by atoms with Crippen molar-refractivity contribution in [1.82, 2.24) is 4.90 Å². The molecule has 0 radical (unpaired) electrons. The Morgan fingerprint density at radius 2 is 1.56 bits per heavy atom. The van der Waals surface area contributed by atoms with Gasteiger partial charge in [-0.2, -0.15) is 0 Å². The van der Waals surface area contributed by atoms with Crippen LogP contribution in [0.5, 0.6) is 0 Å². The molecule has 0 aromatic heterocycles. The number of halogens is 1. The zero-order chi connectivity index (χ0) is 24.8. The van der Waals surface area contributed by atoms with Crippen molar-refractivity contribution < 1.29 is 9.53 Å². The van der Waals surface area contributed by atoms with E-state index >= 15 is 0 Å². The van der Waals surface area contributed by atoms with Crippen LogP contribution in [0.2, 0.25) is 0 Å². The average molecular weight is 520 g/mol. The van der Waals surface area contributed by atoms with Crippen LogP contribution in [0.3, 0.4) is 0 Å². The van der Waals surface area contributed by atoms with Crippen LogP contribution in [0.1, 0.15) is 90.0 Å². The second-order valence-corrected chi connectivity index (χ2v) is 11.3. The summed E-state index contributed by atoms with van der Waals surface area (Å²) in [5, 5.41) is 0. The second-order valence-electron chi connectivity index (χ2n) is 11.3. The first-order valence-corrected chi connectivity index (χ1v) is 14.4. The maximum absolute atomic E-state index is 12.0. The molecule has 36 heavy (non-hydrogen) atoms. The Morgan fingerprint density at radius 1 is 0.917 bits per heavy atom. The first-order valence-electron chi connectivity index (χ1n) is 14.4. The SMILES string of the molecule is CCC(=O)CN1CCN(c2ccc(N3CCC(OC)CC3)cc2C2CCC(CC)(CC)CC2)CC1.Cl. The number of carbonyl (C=O) groups excluding carboxylic acids is 1. The second kappa shape index (κ2) is 13.5. The normalized spacial score (nSPS) is 21.9. The summed E-state index contributed by atoms with van der Waals surface area (Å²) in [6.45, 7) is 13.5. The first-order chi connectivity index (χ1) is 17.0. The van der Waals surface area contributed by atoms with E-state index in [2.05, 4.69) is 46.7 Å². The van der Waals surface area contributed by atoms with Gasteiger partial charge in [0, 0.05) is 64.2 Å². The van der Waals surface area contributed by atoms with Gasteiger partial charge < -0.3 is 14.5 Å². The maximum Gasteiger partial charge on any atom is 0.146 e. The largest absolute Gasteiger partial charge is 0.381 e. The molecule has 2 saturated heterocycles. The lowest BCUT2D eigenvalue weighted by molar-refractivity contribution is -0.119. The third kappa shape index (κ3) is 6.76. The van der Waals surface area contributed by atoms with E-state index in [0.717, 1.165) is 52.1 Å². The number of carbonyl (C=O) groups is 1. The Morgan fingerprint density at radius 3 is 2.11 bits per heavy atom. The summed E-state index contributed by atoms with van der Waals surface area (Å²) in [6.07, 6.45) is 11.3. The number of ether oxygens (including phenoxy) is 1. The van der Waals surface area contributed by atoms with Gasteiger partial charge in [0.25, 0.3) is 0 Å². The number of anilines is 2. The maximum atomic E-state index is 12.0. The molecule has 3 fully saturated rings.